The van der Waals surface area contributed by atoms with Crippen molar-refractivity contribution in [3.8, 4) is 0 Å². The number of carboxylic acid groups (broad SMARTS) is 1. The summed E-state index contributed by atoms with van der Waals surface area (Å²) in [4.78, 5) is 37.1. The number of benzene rings is 1. The Morgan fingerprint density at radius 2 is 1.96 bits per heavy atom. The lowest BCUT2D eigenvalue weighted by atomic mass is 10.0. The number of carbonyl (C=O) groups is 3. The molecule has 1 aliphatic rings. The van der Waals surface area contributed by atoms with E-state index in [0.717, 1.165) is 5.56 Å². The monoisotopic (exact) mass is 318 g/mol. The Bertz CT molecular complexity index is 586. The molecule has 0 saturated carbocycles. The van der Waals surface area contributed by atoms with E-state index in [2.05, 4.69) is 5.32 Å². The van der Waals surface area contributed by atoms with Crippen LogP contribution in [0.4, 0.5) is 0 Å². The summed E-state index contributed by atoms with van der Waals surface area (Å²) in [6, 6.07) is 8.47. The highest BCUT2D eigenvalue weighted by Gasteiger charge is 2.36. The average Bonchev–Trinajstić information content (AvgIpc) is 2.89. The molecule has 0 unspecified atom stereocenters. The second-order valence-corrected chi connectivity index (χ2v) is 6.11. The highest BCUT2D eigenvalue weighted by molar-refractivity contribution is 5.89. The van der Waals surface area contributed by atoms with Crippen molar-refractivity contribution in [2.45, 2.75) is 38.8 Å². The predicted molar refractivity (Wildman–Crippen MR) is 84.5 cm³/mol. The molecule has 1 aromatic rings. The molecule has 0 spiro atoms. The van der Waals surface area contributed by atoms with Crippen molar-refractivity contribution in [2.75, 3.05) is 6.54 Å². The Hall–Kier alpha value is -2.37. The zero-order valence-corrected chi connectivity index (χ0v) is 13.4. The molecule has 1 aliphatic heterocycles. The molecule has 124 valence electrons. The summed E-state index contributed by atoms with van der Waals surface area (Å²) in [5.74, 6) is -1.71. The Labute approximate surface area is 135 Å². The van der Waals surface area contributed by atoms with Crippen LogP contribution in [0.15, 0.2) is 30.3 Å². The van der Waals surface area contributed by atoms with E-state index in [1.54, 1.807) is 29.2 Å². The number of rotatable bonds is 6. The molecule has 2 amide bonds. The fraction of sp³-hybridized carbons (Fsp3) is 0.471. The topological polar surface area (TPSA) is 86.7 Å². The third kappa shape index (κ3) is 4.31. The van der Waals surface area contributed by atoms with Gasteiger partial charge in [-0.15, -0.1) is 0 Å². The summed E-state index contributed by atoms with van der Waals surface area (Å²) in [5, 5.41) is 11.9. The molecule has 6 heteroatoms. The van der Waals surface area contributed by atoms with E-state index < -0.39 is 17.9 Å². The van der Waals surface area contributed by atoms with Crippen LogP contribution < -0.4 is 5.32 Å². The number of hydrogen-bond donors (Lipinski definition) is 2. The van der Waals surface area contributed by atoms with Gasteiger partial charge in [-0.25, -0.2) is 0 Å². The molecule has 1 saturated heterocycles. The maximum atomic E-state index is 12.4. The molecule has 0 radical (unpaired) electrons. The van der Waals surface area contributed by atoms with Gasteiger partial charge < -0.3 is 15.3 Å². The van der Waals surface area contributed by atoms with Gasteiger partial charge in [-0.2, -0.15) is 0 Å². The SMILES string of the molecule is CC(C)N1C[C@H](C(=O)N[C@H](CC(=O)O)c2ccccc2)CC1=O. The second-order valence-electron chi connectivity index (χ2n) is 6.11. The number of hydrogen-bond acceptors (Lipinski definition) is 3. The van der Waals surface area contributed by atoms with Gasteiger partial charge in [0.1, 0.15) is 0 Å². The molecule has 23 heavy (non-hydrogen) atoms. The van der Waals surface area contributed by atoms with Crippen molar-refractivity contribution < 1.29 is 19.5 Å². The van der Waals surface area contributed by atoms with Gasteiger partial charge in [0.15, 0.2) is 0 Å². The molecule has 2 atom stereocenters. The van der Waals surface area contributed by atoms with Gasteiger partial charge in [-0.3, -0.25) is 14.4 Å². The molecular weight excluding hydrogens is 296 g/mol. The predicted octanol–water partition coefficient (Wildman–Crippen LogP) is 1.58. The van der Waals surface area contributed by atoms with Crippen LogP contribution in [0.5, 0.6) is 0 Å². The van der Waals surface area contributed by atoms with Crippen LogP contribution in [0, 0.1) is 5.92 Å². The molecule has 2 rings (SSSR count). The summed E-state index contributed by atoms with van der Waals surface area (Å²) in [6.45, 7) is 4.21. The molecule has 2 N–H and O–H groups in total. The number of carbonyl (C=O) groups excluding carboxylic acids is 2. The number of likely N-dealkylation sites (tertiary alicyclic amines) is 1. The van der Waals surface area contributed by atoms with Gasteiger partial charge >= 0.3 is 5.97 Å². The molecule has 1 fully saturated rings. The zero-order valence-electron chi connectivity index (χ0n) is 13.4. The standard InChI is InChI=1S/C17H22N2O4/c1-11(2)19-10-13(8-15(19)20)17(23)18-14(9-16(21)22)12-6-4-3-5-7-12/h3-7,11,13-14H,8-10H2,1-2H3,(H,18,23)(H,21,22)/t13-,14-/m1/s1. The minimum atomic E-state index is -0.981. The third-order valence-electron chi connectivity index (χ3n) is 4.05. The largest absolute Gasteiger partial charge is 0.481 e. The summed E-state index contributed by atoms with van der Waals surface area (Å²) >= 11 is 0. The van der Waals surface area contributed by atoms with Crippen molar-refractivity contribution in [3.63, 3.8) is 0 Å². The van der Waals surface area contributed by atoms with Crippen LogP contribution in [-0.4, -0.2) is 40.4 Å². The van der Waals surface area contributed by atoms with E-state index >= 15 is 0 Å². The first-order valence-electron chi connectivity index (χ1n) is 7.75. The fourth-order valence-corrected chi connectivity index (χ4v) is 2.81. The minimum absolute atomic E-state index is 0.0327. The molecule has 0 aliphatic carbocycles. The quantitative estimate of drug-likeness (QED) is 0.833. The fourth-order valence-electron chi connectivity index (χ4n) is 2.81. The number of nitrogens with zero attached hydrogens (tertiary/aromatic N) is 1. The van der Waals surface area contributed by atoms with Crippen molar-refractivity contribution >= 4 is 17.8 Å². The molecule has 1 heterocycles. The van der Waals surface area contributed by atoms with Gasteiger partial charge in [0.2, 0.25) is 11.8 Å². The molecular formula is C17H22N2O4. The van der Waals surface area contributed by atoms with Crippen LogP contribution in [0.2, 0.25) is 0 Å². The first-order valence-corrected chi connectivity index (χ1v) is 7.75. The molecule has 1 aromatic carbocycles. The van der Waals surface area contributed by atoms with Crippen molar-refractivity contribution in [3.05, 3.63) is 35.9 Å². The first-order chi connectivity index (χ1) is 10.9. The zero-order chi connectivity index (χ0) is 17.0. The van der Waals surface area contributed by atoms with Gasteiger partial charge in [0.05, 0.1) is 18.4 Å². The van der Waals surface area contributed by atoms with Crippen LogP contribution in [0.1, 0.15) is 38.3 Å². The summed E-state index contributed by atoms with van der Waals surface area (Å²) in [6.07, 6.45) is -0.0110. The Morgan fingerprint density at radius 3 is 2.48 bits per heavy atom. The van der Waals surface area contributed by atoms with E-state index in [0.29, 0.717) is 6.54 Å². The molecule has 0 bridgehead atoms. The van der Waals surface area contributed by atoms with Gasteiger partial charge in [0.25, 0.3) is 0 Å². The first kappa shape index (κ1) is 17.0. The average molecular weight is 318 g/mol. The highest BCUT2D eigenvalue weighted by atomic mass is 16.4. The van der Waals surface area contributed by atoms with Crippen LogP contribution in [-0.2, 0) is 14.4 Å². The maximum Gasteiger partial charge on any atom is 0.305 e. The number of amides is 2. The lowest BCUT2D eigenvalue weighted by Crippen LogP contribution is -2.37. The normalized spacial score (nSPS) is 19.0. The van der Waals surface area contributed by atoms with E-state index in [9.17, 15) is 14.4 Å². The van der Waals surface area contributed by atoms with Crippen molar-refractivity contribution in [2.24, 2.45) is 5.92 Å². The summed E-state index contributed by atoms with van der Waals surface area (Å²) in [7, 11) is 0. The summed E-state index contributed by atoms with van der Waals surface area (Å²) < 4.78 is 0. The van der Waals surface area contributed by atoms with Crippen LogP contribution in [0.3, 0.4) is 0 Å². The lowest BCUT2D eigenvalue weighted by molar-refractivity contribution is -0.138. The second kappa shape index (κ2) is 7.26. The van der Waals surface area contributed by atoms with E-state index in [1.165, 1.54) is 0 Å². The summed E-state index contributed by atoms with van der Waals surface area (Å²) in [5.41, 5.74) is 0.744. The lowest BCUT2D eigenvalue weighted by Gasteiger charge is -2.22. The van der Waals surface area contributed by atoms with Gasteiger partial charge in [-0.05, 0) is 19.4 Å². The third-order valence-corrected chi connectivity index (χ3v) is 4.05. The van der Waals surface area contributed by atoms with Crippen molar-refractivity contribution in [1.29, 1.82) is 0 Å². The van der Waals surface area contributed by atoms with E-state index in [1.807, 2.05) is 19.9 Å². The highest BCUT2D eigenvalue weighted by Crippen LogP contribution is 2.23. The minimum Gasteiger partial charge on any atom is -0.481 e. The Morgan fingerprint density at radius 1 is 1.30 bits per heavy atom. The van der Waals surface area contributed by atoms with Gasteiger partial charge in [0, 0.05) is 19.0 Å². The Kier molecular flexibility index (Phi) is 5.36. The number of carboxylic acids is 1. The van der Waals surface area contributed by atoms with E-state index in [4.69, 9.17) is 5.11 Å². The number of nitrogens with one attached hydrogen (secondary N) is 1. The smallest absolute Gasteiger partial charge is 0.305 e. The molecule has 0 aromatic heterocycles. The maximum absolute atomic E-state index is 12.4. The Balaban J connectivity index is 2.06. The van der Waals surface area contributed by atoms with Crippen LogP contribution in [0.25, 0.3) is 0 Å². The van der Waals surface area contributed by atoms with E-state index in [-0.39, 0.29) is 30.7 Å². The van der Waals surface area contributed by atoms with Gasteiger partial charge in [-0.1, -0.05) is 30.3 Å². The van der Waals surface area contributed by atoms with Crippen molar-refractivity contribution in [1.82, 2.24) is 10.2 Å². The van der Waals surface area contributed by atoms with Crippen LogP contribution >= 0.6 is 0 Å². The molecule has 6 nitrogen and oxygen atoms in total. The number of aliphatic carboxylic acids is 1.